The largest absolute Gasteiger partial charge is 0.508 e. The van der Waals surface area contributed by atoms with Gasteiger partial charge in [0.15, 0.2) is 0 Å². The summed E-state index contributed by atoms with van der Waals surface area (Å²) in [6.07, 6.45) is 3.45. The van der Waals surface area contributed by atoms with Gasteiger partial charge in [-0.15, -0.1) is 0 Å². The van der Waals surface area contributed by atoms with Gasteiger partial charge in [0.1, 0.15) is 11.4 Å². The van der Waals surface area contributed by atoms with Crippen LogP contribution in [0.2, 0.25) is 0 Å². The van der Waals surface area contributed by atoms with Crippen LogP contribution in [0, 0.1) is 0 Å². The summed E-state index contributed by atoms with van der Waals surface area (Å²) in [5.41, 5.74) is 0.392. The Bertz CT molecular complexity index is 521. The molecule has 22 heavy (non-hydrogen) atoms. The molecule has 4 heteroatoms. The lowest BCUT2D eigenvalue weighted by atomic mass is 9.92. The van der Waals surface area contributed by atoms with E-state index in [1.165, 1.54) is 0 Å². The van der Waals surface area contributed by atoms with Crippen molar-refractivity contribution in [2.75, 3.05) is 0 Å². The van der Waals surface area contributed by atoms with E-state index >= 15 is 0 Å². The first kappa shape index (κ1) is 16.7. The van der Waals surface area contributed by atoms with Gasteiger partial charge in [-0.3, -0.25) is 0 Å². The van der Waals surface area contributed by atoms with E-state index in [2.05, 4.69) is 6.92 Å². The van der Waals surface area contributed by atoms with Crippen LogP contribution in [0.3, 0.4) is 0 Å². The molecule has 1 aliphatic heterocycles. The number of likely N-dealkylation sites (tertiary alicyclic amines) is 1. The zero-order valence-corrected chi connectivity index (χ0v) is 14.0. The molecule has 1 fully saturated rings. The molecule has 1 aliphatic rings. The summed E-state index contributed by atoms with van der Waals surface area (Å²) in [6, 6.07) is 7.58. The highest BCUT2D eigenvalue weighted by atomic mass is 16.6. The lowest BCUT2D eigenvalue weighted by Crippen LogP contribution is -2.51. The van der Waals surface area contributed by atoms with Crippen molar-refractivity contribution in [3.8, 4) is 5.75 Å². The summed E-state index contributed by atoms with van der Waals surface area (Å²) in [6.45, 7) is 7.73. The van der Waals surface area contributed by atoms with Crippen LogP contribution in [0.4, 0.5) is 4.79 Å². The molecule has 1 heterocycles. The number of ether oxygens (including phenoxy) is 1. The van der Waals surface area contributed by atoms with E-state index in [0.29, 0.717) is 12.2 Å². The number of carbonyl (C=O) groups is 1. The molecular weight excluding hydrogens is 278 g/mol. The molecule has 1 aromatic rings. The molecule has 0 unspecified atom stereocenters. The average molecular weight is 305 g/mol. The van der Waals surface area contributed by atoms with Gasteiger partial charge in [-0.1, -0.05) is 18.2 Å². The number of hydrogen-bond acceptors (Lipinski definition) is 3. The van der Waals surface area contributed by atoms with E-state index in [1.807, 2.05) is 43.9 Å². The van der Waals surface area contributed by atoms with Crippen molar-refractivity contribution in [1.82, 2.24) is 4.90 Å². The fraction of sp³-hybridized carbons (Fsp3) is 0.611. The van der Waals surface area contributed by atoms with Crippen molar-refractivity contribution >= 4 is 6.09 Å². The third-order valence-electron chi connectivity index (χ3n) is 4.08. The maximum absolute atomic E-state index is 12.6. The van der Waals surface area contributed by atoms with E-state index in [1.54, 1.807) is 6.07 Å². The molecule has 4 nitrogen and oxygen atoms in total. The molecule has 0 saturated carbocycles. The van der Waals surface area contributed by atoms with Crippen molar-refractivity contribution in [3.63, 3.8) is 0 Å². The minimum Gasteiger partial charge on any atom is -0.508 e. The molecule has 1 N–H and O–H groups in total. The monoisotopic (exact) mass is 305 g/mol. The second-order valence-electron chi connectivity index (χ2n) is 7.15. The standard InChI is InChI=1S/C18H27NO3/c1-13-8-7-10-15(12-14-9-5-6-11-16(14)20)19(13)17(21)22-18(2,3)4/h5-6,9,11,13,15,20H,7-8,10,12H2,1-4H3/t13-,15-/m0/s1. The van der Waals surface area contributed by atoms with Gasteiger partial charge in [0.25, 0.3) is 0 Å². The number of aromatic hydroxyl groups is 1. The molecule has 0 aliphatic carbocycles. The minimum atomic E-state index is -0.492. The number of para-hydroxylation sites is 1. The highest BCUT2D eigenvalue weighted by molar-refractivity contribution is 5.69. The van der Waals surface area contributed by atoms with Crippen molar-refractivity contribution in [2.45, 2.75) is 71.1 Å². The third kappa shape index (κ3) is 4.15. The highest BCUT2D eigenvalue weighted by Gasteiger charge is 2.35. The molecule has 0 spiro atoms. The Hall–Kier alpha value is -1.71. The molecule has 1 saturated heterocycles. The number of hydrogen-bond donors (Lipinski definition) is 1. The van der Waals surface area contributed by atoms with Crippen molar-refractivity contribution in [1.29, 1.82) is 0 Å². The van der Waals surface area contributed by atoms with Gasteiger partial charge in [0.2, 0.25) is 0 Å². The summed E-state index contributed by atoms with van der Waals surface area (Å²) in [7, 11) is 0. The number of benzene rings is 1. The number of phenols is 1. The first-order chi connectivity index (χ1) is 10.3. The Labute approximate surface area is 133 Å². The summed E-state index contributed by atoms with van der Waals surface area (Å²) in [5.74, 6) is 0.296. The zero-order valence-electron chi connectivity index (χ0n) is 14.0. The van der Waals surface area contributed by atoms with Crippen LogP contribution >= 0.6 is 0 Å². The van der Waals surface area contributed by atoms with E-state index in [4.69, 9.17) is 4.74 Å². The highest BCUT2D eigenvalue weighted by Crippen LogP contribution is 2.29. The summed E-state index contributed by atoms with van der Waals surface area (Å²) < 4.78 is 5.57. The van der Waals surface area contributed by atoms with Crippen molar-refractivity contribution in [2.24, 2.45) is 0 Å². The molecule has 0 bridgehead atoms. The molecule has 1 aromatic carbocycles. The Morgan fingerprint density at radius 1 is 1.32 bits per heavy atom. The first-order valence-electron chi connectivity index (χ1n) is 8.06. The van der Waals surface area contributed by atoms with Gasteiger partial charge in [0.05, 0.1) is 0 Å². The molecule has 1 amide bonds. The van der Waals surface area contributed by atoms with Crippen LogP contribution in [0.5, 0.6) is 5.75 Å². The average Bonchev–Trinajstić information content (AvgIpc) is 2.39. The second-order valence-corrected chi connectivity index (χ2v) is 7.15. The molecule has 2 rings (SSSR count). The normalized spacial score (nSPS) is 22.5. The smallest absolute Gasteiger partial charge is 0.410 e. The fourth-order valence-electron chi connectivity index (χ4n) is 3.07. The molecular formula is C18H27NO3. The number of amides is 1. The number of carbonyl (C=O) groups excluding carboxylic acids is 1. The second kappa shape index (κ2) is 6.59. The molecule has 2 atom stereocenters. The van der Waals surface area contributed by atoms with Gasteiger partial charge < -0.3 is 14.7 Å². The minimum absolute atomic E-state index is 0.0758. The van der Waals surface area contributed by atoms with E-state index in [0.717, 1.165) is 24.8 Å². The lowest BCUT2D eigenvalue weighted by molar-refractivity contribution is -0.00273. The molecule has 122 valence electrons. The SMILES string of the molecule is C[C@H]1CCC[C@@H](Cc2ccccc2O)N1C(=O)OC(C)(C)C. The van der Waals surface area contributed by atoms with Crippen molar-refractivity contribution in [3.05, 3.63) is 29.8 Å². The molecule has 0 aromatic heterocycles. The van der Waals surface area contributed by atoms with Gasteiger partial charge in [-0.2, -0.15) is 0 Å². The zero-order chi connectivity index (χ0) is 16.3. The van der Waals surface area contributed by atoms with Gasteiger partial charge in [0, 0.05) is 12.1 Å². The van der Waals surface area contributed by atoms with Crippen LogP contribution in [0.1, 0.15) is 52.5 Å². The predicted molar refractivity (Wildman–Crippen MR) is 87.0 cm³/mol. The lowest BCUT2D eigenvalue weighted by Gasteiger charge is -2.41. The van der Waals surface area contributed by atoms with Crippen molar-refractivity contribution < 1.29 is 14.6 Å². The Morgan fingerprint density at radius 3 is 2.64 bits per heavy atom. The number of rotatable bonds is 2. The maximum Gasteiger partial charge on any atom is 0.410 e. The van der Waals surface area contributed by atoms with Crippen LogP contribution in [-0.4, -0.2) is 33.8 Å². The van der Waals surface area contributed by atoms with E-state index in [-0.39, 0.29) is 18.2 Å². The Kier molecular flexibility index (Phi) is 4.99. The summed E-state index contributed by atoms with van der Waals surface area (Å²) >= 11 is 0. The van der Waals surface area contributed by atoms with E-state index in [9.17, 15) is 9.90 Å². The third-order valence-corrected chi connectivity index (χ3v) is 4.08. The fourth-order valence-corrected chi connectivity index (χ4v) is 3.07. The summed E-state index contributed by atoms with van der Waals surface area (Å²) in [4.78, 5) is 14.4. The van der Waals surface area contributed by atoms with Crippen LogP contribution in [0.25, 0.3) is 0 Å². The van der Waals surface area contributed by atoms with Gasteiger partial charge in [-0.25, -0.2) is 4.79 Å². The van der Waals surface area contributed by atoms with Crippen LogP contribution in [0.15, 0.2) is 24.3 Å². The van der Waals surface area contributed by atoms with Gasteiger partial charge >= 0.3 is 6.09 Å². The Balaban J connectivity index is 2.16. The number of nitrogens with zero attached hydrogens (tertiary/aromatic N) is 1. The number of phenolic OH excluding ortho intramolecular Hbond substituents is 1. The quantitative estimate of drug-likeness (QED) is 0.894. The van der Waals surface area contributed by atoms with Gasteiger partial charge in [-0.05, 0) is 65.0 Å². The van der Waals surface area contributed by atoms with Crippen LogP contribution in [-0.2, 0) is 11.2 Å². The van der Waals surface area contributed by atoms with Crippen LogP contribution < -0.4 is 0 Å². The van der Waals surface area contributed by atoms with E-state index < -0.39 is 5.60 Å². The predicted octanol–water partition coefficient (Wildman–Crippen LogP) is 4.11. The topological polar surface area (TPSA) is 49.8 Å². The first-order valence-corrected chi connectivity index (χ1v) is 8.06. The maximum atomic E-state index is 12.6. The Morgan fingerprint density at radius 2 is 2.00 bits per heavy atom. The summed E-state index contributed by atoms with van der Waals surface area (Å²) in [5, 5.41) is 9.98. The number of piperidine rings is 1. The molecule has 0 radical (unpaired) electrons.